The Balaban J connectivity index is 2.44. The van der Waals surface area contributed by atoms with Crippen LogP contribution in [0.1, 0.15) is 42.8 Å². The van der Waals surface area contributed by atoms with Crippen molar-refractivity contribution in [1.29, 1.82) is 0 Å². The SMILES string of the molecule is C=C/C(C)=C\CC[C@@H](C)Cc1cc(C(=O)OC)co1. The van der Waals surface area contributed by atoms with Crippen molar-refractivity contribution in [1.82, 2.24) is 0 Å². The van der Waals surface area contributed by atoms with E-state index in [1.807, 2.05) is 13.0 Å². The van der Waals surface area contributed by atoms with E-state index in [0.717, 1.165) is 25.0 Å². The lowest BCUT2D eigenvalue weighted by Crippen LogP contribution is -2.00. The molecule has 104 valence electrons. The van der Waals surface area contributed by atoms with Crippen molar-refractivity contribution in [2.75, 3.05) is 7.11 Å². The molecule has 3 heteroatoms. The zero-order chi connectivity index (χ0) is 14.3. The molecule has 0 bridgehead atoms. The molecule has 0 unspecified atom stereocenters. The van der Waals surface area contributed by atoms with E-state index in [1.54, 1.807) is 6.07 Å². The number of allylic oxidation sites excluding steroid dienone is 3. The molecule has 19 heavy (non-hydrogen) atoms. The van der Waals surface area contributed by atoms with Gasteiger partial charge in [-0.3, -0.25) is 0 Å². The maximum absolute atomic E-state index is 11.3. The largest absolute Gasteiger partial charge is 0.468 e. The summed E-state index contributed by atoms with van der Waals surface area (Å²) in [7, 11) is 1.37. The zero-order valence-corrected chi connectivity index (χ0v) is 11.9. The summed E-state index contributed by atoms with van der Waals surface area (Å²) in [5.41, 5.74) is 1.69. The van der Waals surface area contributed by atoms with Crippen LogP contribution in [0, 0.1) is 5.92 Å². The van der Waals surface area contributed by atoms with Gasteiger partial charge in [0.25, 0.3) is 0 Å². The van der Waals surface area contributed by atoms with Gasteiger partial charge in [0.05, 0.1) is 12.7 Å². The predicted molar refractivity (Wildman–Crippen MR) is 76.1 cm³/mol. The van der Waals surface area contributed by atoms with Crippen LogP contribution in [0.2, 0.25) is 0 Å². The lowest BCUT2D eigenvalue weighted by atomic mass is 9.99. The van der Waals surface area contributed by atoms with E-state index in [-0.39, 0.29) is 5.97 Å². The van der Waals surface area contributed by atoms with Crippen molar-refractivity contribution in [2.45, 2.75) is 33.1 Å². The van der Waals surface area contributed by atoms with Crippen LogP contribution >= 0.6 is 0 Å². The molecule has 0 saturated carbocycles. The van der Waals surface area contributed by atoms with E-state index in [9.17, 15) is 4.79 Å². The van der Waals surface area contributed by atoms with Gasteiger partial charge in [0.15, 0.2) is 0 Å². The quantitative estimate of drug-likeness (QED) is 0.547. The molecule has 0 fully saturated rings. The van der Waals surface area contributed by atoms with E-state index in [0.29, 0.717) is 11.5 Å². The maximum atomic E-state index is 11.3. The summed E-state index contributed by atoms with van der Waals surface area (Å²) in [6.45, 7) is 7.95. The second-order valence-corrected chi connectivity index (χ2v) is 4.83. The Morgan fingerprint density at radius 1 is 1.58 bits per heavy atom. The summed E-state index contributed by atoms with van der Waals surface area (Å²) < 4.78 is 10.0. The number of hydrogen-bond donors (Lipinski definition) is 0. The average molecular weight is 262 g/mol. The van der Waals surface area contributed by atoms with Gasteiger partial charge in [0.1, 0.15) is 12.0 Å². The summed E-state index contributed by atoms with van der Waals surface area (Å²) in [4.78, 5) is 11.3. The Morgan fingerprint density at radius 3 is 2.95 bits per heavy atom. The molecule has 0 saturated heterocycles. The first-order valence-electron chi connectivity index (χ1n) is 6.51. The van der Waals surface area contributed by atoms with E-state index >= 15 is 0 Å². The molecule has 0 spiro atoms. The van der Waals surface area contributed by atoms with Crippen molar-refractivity contribution in [3.05, 3.63) is 48.0 Å². The Labute approximate surface area is 115 Å². The fourth-order valence-corrected chi connectivity index (χ4v) is 1.84. The van der Waals surface area contributed by atoms with E-state index < -0.39 is 0 Å². The number of methoxy groups -OCH3 is 1. The van der Waals surface area contributed by atoms with Crippen molar-refractivity contribution in [3.8, 4) is 0 Å². The summed E-state index contributed by atoms with van der Waals surface area (Å²) in [6, 6.07) is 1.76. The third-order valence-corrected chi connectivity index (χ3v) is 3.07. The number of rotatable bonds is 7. The number of hydrogen-bond acceptors (Lipinski definition) is 3. The van der Waals surface area contributed by atoms with Crippen LogP contribution in [-0.4, -0.2) is 13.1 Å². The highest BCUT2D eigenvalue weighted by atomic mass is 16.5. The molecule has 0 N–H and O–H groups in total. The average Bonchev–Trinajstić information content (AvgIpc) is 2.85. The topological polar surface area (TPSA) is 39.4 Å². The number of furan rings is 1. The van der Waals surface area contributed by atoms with Gasteiger partial charge in [-0.1, -0.05) is 31.2 Å². The second-order valence-electron chi connectivity index (χ2n) is 4.83. The molecular formula is C16H22O3. The standard InChI is InChI=1S/C16H22O3/c1-5-12(2)7-6-8-13(3)9-15-10-14(11-19-15)16(17)18-4/h5,7,10-11,13H,1,6,8-9H2,2-4H3/b12-7-/t13-/m1/s1. The molecule has 1 rings (SSSR count). The first-order valence-corrected chi connectivity index (χ1v) is 6.51. The molecular weight excluding hydrogens is 240 g/mol. The Hall–Kier alpha value is -1.77. The molecule has 1 aromatic heterocycles. The fraction of sp³-hybridized carbons (Fsp3) is 0.438. The Kier molecular flexibility index (Phi) is 6.13. The van der Waals surface area contributed by atoms with Gasteiger partial charge in [-0.15, -0.1) is 0 Å². The molecule has 0 radical (unpaired) electrons. The van der Waals surface area contributed by atoms with Crippen molar-refractivity contribution >= 4 is 5.97 Å². The van der Waals surface area contributed by atoms with Crippen molar-refractivity contribution in [2.24, 2.45) is 5.92 Å². The van der Waals surface area contributed by atoms with Gasteiger partial charge in [0, 0.05) is 6.42 Å². The van der Waals surface area contributed by atoms with Crippen LogP contribution < -0.4 is 0 Å². The van der Waals surface area contributed by atoms with Gasteiger partial charge in [-0.05, 0) is 31.7 Å². The minimum Gasteiger partial charge on any atom is -0.468 e. The summed E-state index contributed by atoms with van der Waals surface area (Å²) in [6.07, 6.45) is 8.45. The molecule has 1 aromatic rings. The van der Waals surface area contributed by atoms with Crippen molar-refractivity contribution in [3.63, 3.8) is 0 Å². The first kappa shape index (κ1) is 15.3. The Bertz CT molecular complexity index is 454. The third-order valence-electron chi connectivity index (χ3n) is 3.07. The van der Waals surface area contributed by atoms with Crippen LogP contribution in [0.3, 0.4) is 0 Å². The summed E-state index contributed by atoms with van der Waals surface area (Å²) in [5.74, 6) is 0.982. The second kappa shape index (κ2) is 7.62. The van der Waals surface area contributed by atoms with Crippen molar-refractivity contribution < 1.29 is 13.9 Å². The molecule has 3 nitrogen and oxygen atoms in total. The molecule has 0 aromatic carbocycles. The van der Waals surface area contributed by atoms with Crippen LogP contribution in [0.25, 0.3) is 0 Å². The fourth-order valence-electron chi connectivity index (χ4n) is 1.84. The van der Waals surface area contributed by atoms with Crippen LogP contribution in [-0.2, 0) is 11.2 Å². The van der Waals surface area contributed by atoms with Gasteiger partial charge in [-0.25, -0.2) is 4.79 Å². The molecule has 0 aliphatic rings. The van der Waals surface area contributed by atoms with Gasteiger partial charge in [-0.2, -0.15) is 0 Å². The lowest BCUT2D eigenvalue weighted by Gasteiger charge is -2.07. The van der Waals surface area contributed by atoms with Crippen LogP contribution in [0.4, 0.5) is 0 Å². The molecule has 0 amide bonds. The van der Waals surface area contributed by atoms with Crippen LogP contribution in [0.15, 0.2) is 41.1 Å². The van der Waals surface area contributed by atoms with Gasteiger partial charge >= 0.3 is 5.97 Å². The number of carbonyl (C=O) groups excluding carboxylic acids is 1. The van der Waals surface area contributed by atoms with E-state index in [1.165, 1.54) is 18.9 Å². The predicted octanol–water partition coefficient (Wildman–Crippen LogP) is 4.16. The summed E-state index contributed by atoms with van der Waals surface area (Å²) >= 11 is 0. The number of ether oxygens (including phenoxy) is 1. The van der Waals surface area contributed by atoms with Gasteiger partial charge in [0.2, 0.25) is 0 Å². The molecule has 1 atom stereocenters. The minimum atomic E-state index is -0.354. The molecule has 0 aliphatic heterocycles. The van der Waals surface area contributed by atoms with E-state index in [4.69, 9.17) is 4.42 Å². The maximum Gasteiger partial charge on any atom is 0.341 e. The first-order chi connectivity index (χ1) is 9.06. The lowest BCUT2D eigenvalue weighted by molar-refractivity contribution is 0.0600. The monoisotopic (exact) mass is 262 g/mol. The normalized spacial score (nSPS) is 13.1. The smallest absolute Gasteiger partial charge is 0.341 e. The number of carbonyl (C=O) groups is 1. The highest BCUT2D eigenvalue weighted by molar-refractivity contribution is 5.88. The highest BCUT2D eigenvalue weighted by Crippen LogP contribution is 2.17. The number of esters is 1. The van der Waals surface area contributed by atoms with Gasteiger partial charge < -0.3 is 9.15 Å². The third kappa shape index (κ3) is 5.16. The minimum absolute atomic E-state index is 0.354. The van der Waals surface area contributed by atoms with E-state index in [2.05, 4.69) is 24.3 Å². The van der Waals surface area contributed by atoms with Crippen LogP contribution in [0.5, 0.6) is 0 Å². The molecule has 1 heterocycles. The highest BCUT2D eigenvalue weighted by Gasteiger charge is 2.12. The Morgan fingerprint density at radius 2 is 2.32 bits per heavy atom. The zero-order valence-electron chi connectivity index (χ0n) is 11.9. The molecule has 0 aliphatic carbocycles. The summed E-state index contributed by atoms with van der Waals surface area (Å²) in [5, 5.41) is 0.